The first kappa shape index (κ1) is 18.6. The smallest absolute Gasteiger partial charge is 0.269 e. The molecule has 8 nitrogen and oxygen atoms in total. The molecule has 0 saturated carbocycles. The van der Waals surface area contributed by atoms with Crippen molar-refractivity contribution in [2.45, 2.75) is 25.3 Å². The van der Waals surface area contributed by atoms with E-state index in [-0.39, 0.29) is 11.7 Å². The van der Waals surface area contributed by atoms with Crippen LogP contribution in [0.15, 0.2) is 17.1 Å². The molecule has 0 amide bonds. The zero-order valence-corrected chi connectivity index (χ0v) is 15.1. The van der Waals surface area contributed by atoms with Crippen molar-refractivity contribution in [3.63, 3.8) is 0 Å². The van der Waals surface area contributed by atoms with Gasteiger partial charge in [0, 0.05) is 37.8 Å². The van der Waals surface area contributed by atoms with Crippen molar-refractivity contribution in [1.82, 2.24) is 19.3 Å². The highest BCUT2D eigenvalue weighted by Gasteiger charge is 2.28. The number of pyridine rings is 1. The summed E-state index contributed by atoms with van der Waals surface area (Å²) in [5, 5.41) is 0.323. The lowest BCUT2D eigenvalue weighted by molar-refractivity contribution is 0.150. The van der Waals surface area contributed by atoms with Crippen LogP contribution in [0.5, 0.6) is 0 Å². The summed E-state index contributed by atoms with van der Waals surface area (Å²) in [6.07, 6.45) is 0.942. The molecule has 11 heteroatoms. The Labute approximate surface area is 148 Å². The van der Waals surface area contributed by atoms with Gasteiger partial charge in [-0.1, -0.05) is 0 Å². The van der Waals surface area contributed by atoms with Crippen molar-refractivity contribution >= 4 is 27.0 Å². The lowest BCUT2D eigenvalue weighted by atomic mass is 10.1. The average Bonchev–Trinajstić information content (AvgIpc) is 2.59. The molecular formula is C15H19F2N5O3S. The number of H-pyrrole nitrogens is 1. The number of aromatic amines is 1. The normalized spacial score (nSPS) is 17.1. The number of hydrogen-bond donors (Lipinski definition) is 1. The number of fused-ring (bicyclic) bond motifs is 1. The molecule has 0 atom stereocenters. The van der Waals surface area contributed by atoms with Crippen LogP contribution < -0.4 is 10.5 Å². The standard InChI is InChI=1S/C15H19F2N5O3S/c1-21(10-3-5-22(6-4-10)26(2,24)25)15-18-8-9-7-11(12(16)17)14(23)19-13(9)20-15/h7-8,10,12H,3-6H2,1-2H3,(H,18,19,20,23). The first-order chi connectivity index (χ1) is 12.2. The van der Waals surface area contributed by atoms with E-state index < -0.39 is 27.6 Å². The van der Waals surface area contributed by atoms with Crippen LogP contribution in [-0.2, 0) is 10.0 Å². The van der Waals surface area contributed by atoms with Gasteiger partial charge in [0.25, 0.3) is 12.0 Å². The SMILES string of the molecule is CN(c1ncc2cc(C(F)F)c(=O)[nH]c2n1)C1CCN(S(C)(=O)=O)CC1. The number of halogens is 2. The molecule has 1 aliphatic rings. The molecule has 0 aliphatic carbocycles. The van der Waals surface area contributed by atoms with Crippen molar-refractivity contribution in [2.24, 2.45) is 0 Å². The fourth-order valence-corrected chi connectivity index (χ4v) is 3.93. The van der Waals surface area contributed by atoms with Crippen molar-refractivity contribution in [1.29, 1.82) is 0 Å². The number of hydrogen-bond acceptors (Lipinski definition) is 6. The van der Waals surface area contributed by atoms with E-state index >= 15 is 0 Å². The molecular weight excluding hydrogens is 368 g/mol. The molecule has 26 heavy (non-hydrogen) atoms. The molecule has 0 spiro atoms. The van der Waals surface area contributed by atoms with Crippen LogP contribution in [0.3, 0.4) is 0 Å². The van der Waals surface area contributed by atoms with Crippen molar-refractivity contribution in [3.05, 3.63) is 28.2 Å². The molecule has 1 N–H and O–H groups in total. The van der Waals surface area contributed by atoms with E-state index in [0.29, 0.717) is 37.3 Å². The second-order valence-corrected chi connectivity index (χ2v) is 8.32. The summed E-state index contributed by atoms with van der Waals surface area (Å²) in [4.78, 5) is 24.4. The van der Waals surface area contributed by atoms with Gasteiger partial charge in [0.1, 0.15) is 5.65 Å². The van der Waals surface area contributed by atoms with Crippen LogP contribution in [0.25, 0.3) is 11.0 Å². The Balaban J connectivity index is 1.82. The van der Waals surface area contributed by atoms with Gasteiger partial charge < -0.3 is 9.88 Å². The first-order valence-corrected chi connectivity index (χ1v) is 9.87. The molecule has 3 rings (SSSR count). The summed E-state index contributed by atoms with van der Waals surface area (Å²) in [5.74, 6) is 0.343. The first-order valence-electron chi connectivity index (χ1n) is 8.03. The fourth-order valence-electron chi connectivity index (χ4n) is 3.06. The molecule has 0 radical (unpaired) electrons. The Kier molecular flexibility index (Phi) is 4.93. The van der Waals surface area contributed by atoms with Crippen LogP contribution in [-0.4, -0.2) is 60.1 Å². The molecule has 1 saturated heterocycles. The molecule has 0 unspecified atom stereocenters. The molecule has 3 heterocycles. The molecule has 1 fully saturated rings. The van der Waals surface area contributed by atoms with Crippen LogP contribution in [0, 0.1) is 0 Å². The number of nitrogens with zero attached hydrogens (tertiary/aromatic N) is 4. The second-order valence-electron chi connectivity index (χ2n) is 6.33. The van der Waals surface area contributed by atoms with Gasteiger partial charge in [0.05, 0.1) is 11.8 Å². The Hall–Kier alpha value is -2.14. The minimum Gasteiger partial charge on any atom is -0.341 e. The topological polar surface area (TPSA) is 99.3 Å². The number of aromatic nitrogens is 3. The highest BCUT2D eigenvalue weighted by molar-refractivity contribution is 7.88. The van der Waals surface area contributed by atoms with Crippen LogP contribution in [0.4, 0.5) is 14.7 Å². The van der Waals surface area contributed by atoms with Gasteiger partial charge in [-0.15, -0.1) is 0 Å². The van der Waals surface area contributed by atoms with Crippen molar-refractivity contribution in [2.75, 3.05) is 31.3 Å². The van der Waals surface area contributed by atoms with Gasteiger partial charge >= 0.3 is 0 Å². The van der Waals surface area contributed by atoms with E-state index in [1.807, 2.05) is 4.90 Å². The van der Waals surface area contributed by atoms with Crippen molar-refractivity contribution < 1.29 is 17.2 Å². The Morgan fingerprint density at radius 2 is 2.00 bits per heavy atom. The highest BCUT2D eigenvalue weighted by atomic mass is 32.2. The highest BCUT2D eigenvalue weighted by Crippen LogP contribution is 2.23. The van der Waals surface area contributed by atoms with Crippen LogP contribution in [0.2, 0.25) is 0 Å². The van der Waals surface area contributed by atoms with E-state index in [1.165, 1.54) is 16.8 Å². The van der Waals surface area contributed by atoms with E-state index in [9.17, 15) is 22.0 Å². The average molecular weight is 387 g/mol. The maximum atomic E-state index is 12.8. The van der Waals surface area contributed by atoms with Gasteiger partial charge in [0.2, 0.25) is 16.0 Å². The minimum atomic E-state index is -3.20. The Morgan fingerprint density at radius 3 is 2.58 bits per heavy atom. The van der Waals surface area contributed by atoms with E-state index in [0.717, 1.165) is 6.07 Å². The van der Waals surface area contributed by atoms with Gasteiger partial charge in [-0.3, -0.25) is 4.79 Å². The molecule has 2 aromatic heterocycles. The number of rotatable bonds is 4. The van der Waals surface area contributed by atoms with E-state index in [4.69, 9.17) is 0 Å². The fraction of sp³-hybridized carbons (Fsp3) is 0.533. The summed E-state index contributed by atoms with van der Waals surface area (Å²) in [6.45, 7) is 0.825. The van der Waals surface area contributed by atoms with Gasteiger partial charge in [-0.05, 0) is 18.9 Å². The third-order valence-corrected chi connectivity index (χ3v) is 5.90. The summed E-state index contributed by atoms with van der Waals surface area (Å²) in [5.41, 5.74) is -1.30. The maximum Gasteiger partial charge on any atom is 0.269 e. The lowest BCUT2D eigenvalue weighted by Crippen LogP contribution is -2.45. The Bertz CT molecular complexity index is 971. The molecule has 1 aliphatic heterocycles. The van der Waals surface area contributed by atoms with Crippen LogP contribution in [0.1, 0.15) is 24.8 Å². The number of nitrogens with one attached hydrogen (secondary N) is 1. The number of alkyl halides is 2. The molecule has 0 aromatic carbocycles. The zero-order valence-electron chi connectivity index (χ0n) is 14.3. The lowest BCUT2D eigenvalue weighted by Gasteiger charge is -2.35. The summed E-state index contributed by atoms with van der Waals surface area (Å²) in [6, 6.07) is 1.13. The number of piperidine rings is 1. The van der Waals surface area contributed by atoms with E-state index in [1.54, 1.807) is 7.05 Å². The van der Waals surface area contributed by atoms with Crippen molar-refractivity contribution in [3.8, 4) is 0 Å². The predicted octanol–water partition coefficient (Wildman–Crippen LogP) is 1.12. The largest absolute Gasteiger partial charge is 0.341 e. The van der Waals surface area contributed by atoms with Crippen LogP contribution >= 0.6 is 0 Å². The number of sulfonamides is 1. The monoisotopic (exact) mass is 387 g/mol. The Morgan fingerprint density at radius 1 is 1.35 bits per heavy atom. The molecule has 2 aromatic rings. The third kappa shape index (κ3) is 3.68. The zero-order chi connectivity index (χ0) is 19.1. The number of anilines is 1. The summed E-state index contributed by atoms with van der Waals surface area (Å²) >= 11 is 0. The van der Waals surface area contributed by atoms with Gasteiger partial charge in [-0.25, -0.2) is 26.5 Å². The van der Waals surface area contributed by atoms with Gasteiger partial charge in [0.15, 0.2) is 0 Å². The summed E-state index contributed by atoms with van der Waals surface area (Å²) < 4.78 is 50.2. The second kappa shape index (κ2) is 6.88. The molecule has 142 valence electrons. The summed E-state index contributed by atoms with van der Waals surface area (Å²) in [7, 11) is -1.42. The van der Waals surface area contributed by atoms with E-state index in [2.05, 4.69) is 15.0 Å². The predicted molar refractivity (Wildman–Crippen MR) is 93.0 cm³/mol. The third-order valence-electron chi connectivity index (χ3n) is 4.60. The van der Waals surface area contributed by atoms with Gasteiger partial charge in [-0.2, -0.15) is 4.98 Å². The minimum absolute atomic E-state index is 0.0394. The quantitative estimate of drug-likeness (QED) is 0.844. The maximum absolute atomic E-state index is 12.8. The molecule has 0 bridgehead atoms.